The second-order valence-electron chi connectivity index (χ2n) is 7.93. The lowest BCUT2D eigenvalue weighted by atomic mass is 10.2. The number of aromatic nitrogens is 2. The number of hydrogen-bond acceptors (Lipinski definition) is 6. The van der Waals surface area contributed by atoms with E-state index in [4.69, 9.17) is 17.3 Å². The summed E-state index contributed by atoms with van der Waals surface area (Å²) in [6.07, 6.45) is 1.06. The molecule has 9 nitrogen and oxygen atoms in total. The highest BCUT2D eigenvalue weighted by Gasteiger charge is 2.18. The first-order valence-electron chi connectivity index (χ1n) is 10.5. The molecule has 4 rings (SSSR count). The van der Waals surface area contributed by atoms with E-state index in [1.165, 1.54) is 16.7 Å². The average molecular weight is 512 g/mol. The number of nitrogens with one attached hydrogen (secondary N) is 2. The van der Waals surface area contributed by atoms with Crippen LogP contribution >= 0.6 is 11.6 Å². The van der Waals surface area contributed by atoms with Crippen molar-refractivity contribution in [1.82, 2.24) is 9.55 Å². The number of carbonyl (C=O) groups excluding carboxylic acids is 1. The summed E-state index contributed by atoms with van der Waals surface area (Å²) < 4.78 is 25.4. The smallest absolute Gasteiger partial charge is 0.322 e. The van der Waals surface area contributed by atoms with Crippen molar-refractivity contribution < 1.29 is 13.2 Å². The first kappa shape index (κ1) is 24.4. The van der Waals surface area contributed by atoms with Crippen LogP contribution in [0.25, 0.3) is 16.6 Å². The molecule has 0 saturated carbocycles. The molecule has 1 heterocycles. The molecule has 0 fully saturated rings. The van der Waals surface area contributed by atoms with E-state index in [-0.39, 0.29) is 21.0 Å². The molecule has 11 heteroatoms. The Hall–Kier alpha value is -3.73. The molecule has 0 aliphatic carbocycles. The Bertz CT molecular complexity index is 1620. The summed E-state index contributed by atoms with van der Waals surface area (Å²) in [5, 5.41) is 5.73. The van der Waals surface area contributed by atoms with Gasteiger partial charge in [0.05, 0.1) is 38.2 Å². The topological polar surface area (TPSA) is 136 Å². The van der Waals surface area contributed by atoms with Gasteiger partial charge in [0, 0.05) is 11.9 Å². The zero-order valence-corrected chi connectivity index (χ0v) is 20.4. The van der Waals surface area contributed by atoms with E-state index in [1.807, 2.05) is 0 Å². The van der Waals surface area contributed by atoms with E-state index < -0.39 is 27.5 Å². The van der Waals surface area contributed by atoms with Gasteiger partial charge in [0.15, 0.2) is 9.84 Å². The molecule has 0 saturated heterocycles. The van der Waals surface area contributed by atoms with Crippen LogP contribution in [-0.2, 0) is 9.84 Å². The van der Waals surface area contributed by atoms with E-state index in [2.05, 4.69) is 15.6 Å². The summed E-state index contributed by atoms with van der Waals surface area (Å²) in [4.78, 5) is 30.6. The van der Waals surface area contributed by atoms with Crippen LogP contribution in [0.3, 0.4) is 0 Å². The third-order valence-electron chi connectivity index (χ3n) is 5.18. The summed E-state index contributed by atoms with van der Waals surface area (Å²) in [5.41, 5.74) is 7.09. The van der Waals surface area contributed by atoms with Crippen molar-refractivity contribution in [2.24, 2.45) is 5.73 Å². The third-order valence-corrected chi connectivity index (χ3v) is 6.65. The zero-order chi connectivity index (χ0) is 25.3. The molecule has 180 valence electrons. The maximum absolute atomic E-state index is 13.4. The van der Waals surface area contributed by atoms with E-state index in [1.54, 1.807) is 61.5 Å². The highest BCUT2D eigenvalue weighted by Crippen LogP contribution is 2.24. The van der Waals surface area contributed by atoms with Crippen molar-refractivity contribution in [1.29, 1.82) is 0 Å². The number of sulfone groups is 1. The van der Waals surface area contributed by atoms with Crippen LogP contribution in [0.4, 0.5) is 16.2 Å². The lowest BCUT2D eigenvalue weighted by molar-refractivity contribution is 0.262. The number of nitrogens with zero attached hydrogens (tertiary/aromatic N) is 2. The minimum atomic E-state index is -3.54. The van der Waals surface area contributed by atoms with Crippen molar-refractivity contribution in [3.05, 3.63) is 87.9 Å². The van der Waals surface area contributed by atoms with Gasteiger partial charge in [0.2, 0.25) is 0 Å². The number of rotatable bonds is 5. The van der Waals surface area contributed by atoms with Crippen LogP contribution in [0.5, 0.6) is 0 Å². The first-order chi connectivity index (χ1) is 16.6. The summed E-state index contributed by atoms with van der Waals surface area (Å²) in [6.45, 7) is 1.71. The minimum Gasteiger partial charge on any atom is -0.322 e. The molecule has 4 aromatic rings. The lowest BCUT2D eigenvalue weighted by Gasteiger charge is -2.17. The van der Waals surface area contributed by atoms with Crippen LogP contribution in [0.1, 0.15) is 18.8 Å². The van der Waals surface area contributed by atoms with Crippen LogP contribution in [0, 0.1) is 0 Å². The van der Waals surface area contributed by atoms with Crippen LogP contribution < -0.4 is 21.9 Å². The van der Waals surface area contributed by atoms with Crippen molar-refractivity contribution in [3.8, 4) is 5.69 Å². The van der Waals surface area contributed by atoms with Gasteiger partial charge in [-0.1, -0.05) is 35.9 Å². The van der Waals surface area contributed by atoms with Crippen molar-refractivity contribution in [3.63, 3.8) is 0 Å². The van der Waals surface area contributed by atoms with Crippen LogP contribution in [-0.4, -0.2) is 30.3 Å². The minimum absolute atomic E-state index is 0.00357. The summed E-state index contributed by atoms with van der Waals surface area (Å²) in [5.74, 6) is 0.327. The monoisotopic (exact) mass is 511 g/mol. The third kappa shape index (κ3) is 5.04. The number of para-hydroxylation sites is 1. The second-order valence-corrected chi connectivity index (χ2v) is 10.3. The van der Waals surface area contributed by atoms with Gasteiger partial charge >= 0.3 is 6.03 Å². The molecule has 4 N–H and O–H groups in total. The highest BCUT2D eigenvalue weighted by molar-refractivity contribution is 7.90. The SMILES string of the molecule is C[C@H](N)c1nc2cccc(Cl)c2c(=O)n1-c1cccc(NC(=O)Nc2ccccc2S(C)(=O)=O)c1. The molecular weight excluding hydrogens is 490 g/mol. The van der Waals surface area contributed by atoms with E-state index in [9.17, 15) is 18.0 Å². The van der Waals surface area contributed by atoms with E-state index >= 15 is 0 Å². The molecule has 2 amide bonds. The molecular formula is C24H22ClN5O4S. The standard InChI is InChI=1S/C24H22ClN5O4S/c1-14(26)22-28-19-11-6-9-17(25)21(19)23(31)30(22)16-8-5-7-15(13-16)27-24(32)29-18-10-3-4-12-20(18)35(2,33)34/h3-14H,26H2,1-2H3,(H2,27,29,32)/t14-/m0/s1. The number of halogens is 1. The van der Waals surface area contributed by atoms with Gasteiger partial charge in [-0.05, 0) is 49.4 Å². The van der Waals surface area contributed by atoms with Gasteiger partial charge in [-0.3, -0.25) is 9.36 Å². The fourth-order valence-electron chi connectivity index (χ4n) is 3.66. The Kier molecular flexibility index (Phi) is 6.62. The number of fused-ring (bicyclic) bond motifs is 1. The Morgan fingerprint density at radius 3 is 2.49 bits per heavy atom. The fourth-order valence-corrected chi connectivity index (χ4v) is 4.76. The van der Waals surface area contributed by atoms with Crippen LogP contribution in [0.15, 0.2) is 76.4 Å². The second kappa shape index (κ2) is 9.49. The predicted octanol–water partition coefficient (Wildman–Crippen LogP) is 4.11. The number of nitrogens with two attached hydrogens (primary N) is 1. The Labute approximate surface area is 206 Å². The predicted molar refractivity (Wildman–Crippen MR) is 137 cm³/mol. The van der Waals surface area contributed by atoms with Gasteiger partial charge in [0.25, 0.3) is 5.56 Å². The van der Waals surface area contributed by atoms with E-state index in [0.717, 1.165) is 6.26 Å². The molecule has 0 aliphatic heterocycles. The van der Waals surface area contributed by atoms with Crippen molar-refractivity contribution >= 4 is 49.7 Å². The Morgan fingerprint density at radius 1 is 1.06 bits per heavy atom. The number of carbonyl (C=O) groups is 1. The van der Waals surface area contributed by atoms with E-state index in [0.29, 0.717) is 22.7 Å². The lowest BCUT2D eigenvalue weighted by Crippen LogP contribution is -2.28. The maximum atomic E-state index is 13.4. The fraction of sp³-hybridized carbons (Fsp3) is 0.125. The van der Waals surface area contributed by atoms with Crippen molar-refractivity contribution in [2.45, 2.75) is 17.9 Å². The number of hydrogen-bond donors (Lipinski definition) is 3. The van der Waals surface area contributed by atoms with Gasteiger partial charge in [-0.15, -0.1) is 0 Å². The van der Waals surface area contributed by atoms with Gasteiger partial charge in [0.1, 0.15) is 5.82 Å². The van der Waals surface area contributed by atoms with Crippen molar-refractivity contribution in [2.75, 3.05) is 16.9 Å². The first-order valence-corrected chi connectivity index (χ1v) is 12.8. The molecule has 35 heavy (non-hydrogen) atoms. The normalized spacial score (nSPS) is 12.3. The number of amides is 2. The Morgan fingerprint density at radius 2 is 1.77 bits per heavy atom. The molecule has 1 atom stereocenters. The van der Waals surface area contributed by atoms with Gasteiger partial charge in [-0.2, -0.15) is 0 Å². The maximum Gasteiger partial charge on any atom is 0.323 e. The summed E-state index contributed by atoms with van der Waals surface area (Å²) >= 11 is 6.28. The Balaban J connectivity index is 1.71. The summed E-state index contributed by atoms with van der Waals surface area (Å²) in [6, 6.07) is 16.4. The molecule has 3 aromatic carbocycles. The van der Waals surface area contributed by atoms with Gasteiger partial charge < -0.3 is 16.4 Å². The molecule has 0 bridgehead atoms. The largest absolute Gasteiger partial charge is 0.323 e. The molecule has 0 spiro atoms. The summed E-state index contributed by atoms with van der Waals surface area (Å²) in [7, 11) is -3.54. The molecule has 1 aromatic heterocycles. The molecule has 0 aliphatic rings. The number of urea groups is 1. The quantitative estimate of drug-likeness (QED) is 0.369. The highest BCUT2D eigenvalue weighted by atomic mass is 35.5. The number of benzene rings is 3. The zero-order valence-electron chi connectivity index (χ0n) is 18.8. The average Bonchev–Trinajstić information content (AvgIpc) is 2.78. The molecule has 0 unspecified atom stereocenters. The van der Waals surface area contributed by atoms with Gasteiger partial charge in [-0.25, -0.2) is 18.2 Å². The number of anilines is 2. The van der Waals surface area contributed by atoms with Crippen LogP contribution in [0.2, 0.25) is 5.02 Å². The molecule has 0 radical (unpaired) electrons.